The molecule has 0 aromatic rings. The van der Waals surface area contributed by atoms with Crippen molar-refractivity contribution in [2.45, 2.75) is 32.2 Å². The third-order valence-electron chi connectivity index (χ3n) is 2.23. The highest BCUT2D eigenvalue weighted by Gasteiger charge is 2.19. The number of nitrogens with one attached hydrogen (secondary N) is 2. The van der Waals surface area contributed by atoms with Crippen LogP contribution in [0.15, 0.2) is 0 Å². The van der Waals surface area contributed by atoms with E-state index in [1.165, 1.54) is 0 Å². The lowest BCUT2D eigenvalue weighted by atomic mass is 10.1. The predicted octanol–water partition coefficient (Wildman–Crippen LogP) is 0.0678. The summed E-state index contributed by atoms with van der Waals surface area (Å²) >= 11 is 0. The molecule has 0 radical (unpaired) electrons. The highest BCUT2D eigenvalue weighted by Crippen LogP contribution is 2.07. The van der Waals surface area contributed by atoms with Crippen LogP contribution in [0.5, 0.6) is 0 Å². The Hall–Kier alpha value is -0.130. The van der Waals surface area contributed by atoms with Crippen LogP contribution in [0, 0.1) is 0 Å². The lowest BCUT2D eigenvalue weighted by molar-refractivity contribution is 0.361. The maximum atomic E-state index is 11.3. The van der Waals surface area contributed by atoms with Gasteiger partial charge in [0.15, 0.2) is 0 Å². The van der Waals surface area contributed by atoms with Crippen LogP contribution in [0.2, 0.25) is 0 Å². The van der Waals surface area contributed by atoms with Gasteiger partial charge in [0.1, 0.15) is 0 Å². The van der Waals surface area contributed by atoms with Crippen molar-refractivity contribution >= 4 is 10.0 Å². The first-order chi connectivity index (χ1) is 6.14. The first-order valence-corrected chi connectivity index (χ1v) is 6.50. The van der Waals surface area contributed by atoms with Gasteiger partial charge in [-0.25, -0.2) is 13.1 Å². The molecule has 13 heavy (non-hydrogen) atoms. The standard InChI is InChI=1S/C8H18N2O2S/c1-2-5-10-13(11,12)7-4-8-3-6-9-8/h8-10H,2-7H2,1H3. The van der Waals surface area contributed by atoms with Crippen molar-refractivity contribution in [3.63, 3.8) is 0 Å². The molecule has 1 atom stereocenters. The van der Waals surface area contributed by atoms with Crippen molar-refractivity contribution in [1.82, 2.24) is 10.0 Å². The molecular weight excluding hydrogens is 188 g/mol. The minimum absolute atomic E-state index is 0.255. The summed E-state index contributed by atoms with van der Waals surface area (Å²) in [6.45, 7) is 3.55. The van der Waals surface area contributed by atoms with Gasteiger partial charge in [-0.2, -0.15) is 0 Å². The SMILES string of the molecule is CCCNS(=O)(=O)CCC1CCN1. The van der Waals surface area contributed by atoms with Crippen LogP contribution in [-0.4, -0.2) is 33.3 Å². The van der Waals surface area contributed by atoms with E-state index in [1.54, 1.807) is 0 Å². The van der Waals surface area contributed by atoms with E-state index in [4.69, 9.17) is 0 Å². The van der Waals surface area contributed by atoms with Crippen molar-refractivity contribution in [3.8, 4) is 0 Å². The van der Waals surface area contributed by atoms with Crippen LogP contribution >= 0.6 is 0 Å². The molecule has 0 amide bonds. The summed E-state index contributed by atoms with van der Waals surface area (Å²) < 4.78 is 25.1. The second kappa shape index (κ2) is 4.93. The summed E-state index contributed by atoms with van der Waals surface area (Å²) in [6.07, 6.45) is 2.70. The van der Waals surface area contributed by atoms with E-state index in [1.807, 2.05) is 6.92 Å². The van der Waals surface area contributed by atoms with Crippen molar-refractivity contribution < 1.29 is 8.42 Å². The molecule has 0 spiro atoms. The Morgan fingerprint density at radius 1 is 1.54 bits per heavy atom. The fraction of sp³-hybridized carbons (Fsp3) is 1.00. The molecule has 0 bridgehead atoms. The van der Waals surface area contributed by atoms with Gasteiger partial charge < -0.3 is 5.32 Å². The molecule has 1 heterocycles. The first-order valence-electron chi connectivity index (χ1n) is 4.85. The topological polar surface area (TPSA) is 58.2 Å². The van der Waals surface area contributed by atoms with E-state index in [0.29, 0.717) is 12.6 Å². The normalized spacial score (nSPS) is 22.7. The minimum atomic E-state index is -3.00. The van der Waals surface area contributed by atoms with Crippen LogP contribution in [0.3, 0.4) is 0 Å². The van der Waals surface area contributed by atoms with Crippen molar-refractivity contribution in [1.29, 1.82) is 0 Å². The molecule has 2 N–H and O–H groups in total. The monoisotopic (exact) mass is 206 g/mol. The molecular formula is C8H18N2O2S. The van der Waals surface area contributed by atoms with E-state index in [2.05, 4.69) is 10.0 Å². The summed E-state index contributed by atoms with van der Waals surface area (Å²) in [7, 11) is -3.00. The van der Waals surface area contributed by atoms with Gasteiger partial charge in [0, 0.05) is 12.6 Å². The quantitative estimate of drug-likeness (QED) is 0.646. The molecule has 1 rings (SSSR count). The maximum Gasteiger partial charge on any atom is 0.211 e. The molecule has 78 valence electrons. The largest absolute Gasteiger partial charge is 0.314 e. The summed E-state index contributed by atoms with van der Waals surface area (Å²) in [5.74, 6) is 0.255. The van der Waals surface area contributed by atoms with Crippen molar-refractivity contribution in [2.75, 3.05) is 18.8 Å². The number of hydrogen-bond donors (Lipinski definition) is 2. The summed E-state index contributed by atoms with van der Waals surface area (Å²) in [4.78, 5) is 0. The Bertz CT molecular complexity index is 235. The van der Waals surface area contributed by atoms with Crippen molar-refractivity contribution in [3.05, 3.63) is 0 Å². The molecule has 1 aliphatic rings. The predicted molar refractivity (Wildman–Crippen MR) is 53.1 cm³/mol. The molecule has 1 unspecified atom stereocenters. The third-order valence-corrected chi connectivity index (χ3v) is 3.65. The molecule has 1 saturated heterocycles. The fourth-order valence-electron chi connectivity index (χ4n) is 1.22. The van der Waals surface area contributed by atoms with Gasteiger partial charge in [-0.3, -0.25) is 0 Å². The number of rotatable bonds is 6. The van der Waals surface area contributed by atoms with Gasteiger partial charge in [0.2, 0.25) is 10.0 Å². The number of sulfonamides is 1. The first kappa shape index (κ1) is 10.9. The van der Waals surface area contributed by atoms with E-state index in [9.17, 15) is 8.42 Å². The molecule has 0 saturated carbocycles. The zero-order valence-corrected chi connectivity index (χ0v) is 8.86. The molecule has 0 aliphatic carbocycles. The lowest BCUT2D eigenvalue weighted by Crippen LogP contribution is -2.44. The zero-order chi connectivity index (χ0) is 9.73. The minimum Gasteiger partial charge on any atom is -0.314 e. The average Bonchev–Trinajstić information content (AvgIpc) is 1.98. The second-order valence-electron chi connectivity index (χ2n) is 3.44. The van der Waals surface area contributed by atoms with Crippen LogP contribution in [-0.2, 0) is 10.0 Å². The molecule has 0 aromatic heterocycles. The molecule has 5 heteroatoms. The smallest absolute Gasteiger partial charge is 0.211 e. The Morgan fingerprint density at radius 2 is 2.23 bits per heavy atom. The van der Waals surface area contributed by atoms with Crippen LogP contribution in [0.1, 0.15) is 26.2 Å². The van der Waals surface area contributed by atoms with Gasteiger partial charge in [0.05, 0.1) is 5.75 Å². The van der Waals surface area contributed by atoms with E-state index >= 15 is 0 Å². The summed E-state index contributed by atoms with van der Waals surface area (Å²) in [5, 5.41) is 3.18. The van der Waals surface area contributed by atoms with Crippen LogP contribution in [0.25, 0.3) is 0 Å². The molecule has 1 aliphatic heterocycles. The Labute approximate surface area is 80.1 Å². The van der Waals surface area contributed by atoms with Gasteiger partial charge >= 0.3 is 0 Å². The molecule has 4 nitrogen and oxygen atoms in total. The van der Waals surface area contributed by atoms with Crippen LogP contribution < -0.4 is 10.0 Å². The second-order valence-corrected chi connectivity index (χ2v) is 5.37. The highest BCUT2D eigenvalue weighted by molar-refractivity contribution is 7.89. The van der Waals surface area contributed by atoms with Crippen LogP contribution in [0.4, 0.5) is 0 Å². The Morgan fingerprint density at radius 3 is 2.69 bits per heavy atom. The van der Waals surface area contributed by atoms with Crippen molar-refractivity contribution in [2.24, 2.45) is 0 Å². The van der Waals surface area contributed by atoms with Gasteiger partial charge in [-0.15, -0.1) is 0 Å². The molecule has 0 aromatic carbocycles. The van der Waals surface area contributed by atoms with Gasteiger partial charge in [-0.1, -0.05) is 6.92 Å². The highest BCUT2D eigenvalue weighted by atomic mass is 32.2. The zero-order valence-electron chi connectivity index (χ0n) is 8.04. The third kappa shape index (κ3) is 4.06. The van der Waals surface area contributed by atoms with Gasteiger partial charge in [-0.05, 0) is 25.8 Å². The summed E-state index contributed by atoms with van der Waals surface area (Å²) in [5.41, 5.74) is 0. The lowest BCUT2D eigenvalue weighted by Gasteiger charge is -2.27. The Balaban J connectivity index is 2.17. The fourth-order valence-corrected chi connectivity index (χ4v) is 2.48. The average molecular weight is 206 g/mol. The Kier molecular flexibility index (Phi) is 4.15. The summed E-state index contributed by atoms with van der Waals surface area (Å²) in [6, 6.07) is 0.429. The molecule has 1 fully saturated rings. The van der Waals surface area contributed by atoms with Gasteiger partial charge in [0.25, 0.3) is 0 Å². The van der Waals surface area contributed by atoms with E-state index in [0.717, 1.165) is 25.8 Å². The number of hydrogen-bond acceptors (Lipinski definition) is 3. The maximum absolute atomic E-state index is 11.3. The van der Waals surface area contributed by atoms with E-state index in [-0.39, 0.29) is 5.75 Å². The van der Waals surface area contributed by atoms with E-state index < -0.39 is 10.0 Å².